The van der Waals surface area contributed by atoms with E-state index in [-0.39, 0.29) is 0 Å². The fourth-order valence-electron chi connectivity index (χ4n) is 0.401. The van der Waals surface area contributed by atoms with Crippen LogP contribution in [0.2, 0.25) is 13.1 Å². The summed E-state index contributed by atoms with van der Waals surface area (Å²) in [5.74, 6) is 0. The predicted octanol–water partition coefficient (Wildman–Crippen LogP) is 0.126. The van der Waals surface area contributed by atoms with Crippen molar-refractivity contribution in [3.63, 3.8) is 0 Å². The summed E-state index contributed by atoms with van der Waals surface area (Å²) in [5.41, 5.74) is 0. The standard InChI is InChI=1S/C5H16N2Si/c1-4-6-5-7-8(2)3/h6-8H,4-5H2,1-3H3. The van der Waals surface area contributed by atoms with Gasteiger partial charge in [0.15, 0.2) is 0 Å². The van der Waals surface area contributed by atoms with Crippen molar-refractivity contribution in [2.45, 2.75) is 20.0 Å². The molecule has 0 spiro atoms. The Bertz CT molecular complexity index is 47.7. The molecule has 2 nitrogen and oxygen atoms in total. The molecule has 8 heavy (non-hydrogen) atoms. The average Bonchev–Trinajstić information content (AvgIpc) is 1.66. The Morgan fingerprint density at radius 3 is 2.38 bits per heavy atom. The Hall–Kier alpha value is 0.137. The van der Waals surface area contributed by atoms with Crippen LogP contribution in [0.15, 0.2) is 0 Å². The number of rotatable bonds is 4. The summed E-state index contributed by atoms with van der Waals surface area (Å²) < 4.78 is 0. The van der Waals surface area contributed by atoms with Crippen molar-refractivity contribution >= 4 is 8.96 Å². The molecule has 0 aromatic rings. The summed E-state index contributed by atoms with van der Waals surface area (Å²) >= 11 is 0. The van der Waals surface area contributed by atoms with Crippen molar-refractivity contribution in [1.82, 2.24) is 10.3 Å². The van der Waals surface area contributed by atoms with Crippen LogP contribution >= 0.6 is 0 Å². The van der Waals surface area contributed by atoms with Crippen molar-refractivity contribution in [2.24, 2.45) is 0 Å². The van der Waals surface area contributed by atoms with Crippen molar-refractivity contribution < 1.29 is 0 Å². The van der Waals surface area contributed by atoms with Crippen molar-refractivity contribution in [3.05, 3.63) is 0 Å². The molecular formula is C5H16N2Si. The maximum absolute atomic E-state index is 3.37. The molecule has 0 bridgehead atoms. The molecule has 0 heterocycles. The minimum atomic E-state index is -0.515. The summed E-state index contributed by atoms with van der Waals surface area (Å²) in [7, 11) is -0.515. The van der Waals surface area contributed by atoms with Gasteiger partial charge in [-0.2, -0.15) is 0 Å². The van der Waals surface area contributed by atoms with Gasteiger partial charge in [-0.25, -0.2) is 0 Å². The molecule has 2 N–H and O–H groups in total. The zero-order valence-corrected chi connectivity index (χ0v) is 7.15. The molecule has 0 aromatic carbocycles. The maximum atomic E-state index is 3.37. The van der Waals surface area contributed by atoms with Crippen molar-refractivity contribution in [1.29, 1.82) is 0 Å². The van der Waals surface area contributed by atoms with Gasteiger partial charge in [0.25, 0.3) is 0 Å². The van der Waals surface area contributed by atoms with E-state index in [2.05, 4.69) is 30.3 Å². The molecule has 3 heteroatoms. The van der Waals surface area contributed by atoms with E-state index < -0.39 is 8.96 Å². The number of hydrogen-bond acceptors (Lipinski definition) is 2. The van der Waals surface area contributed by atoms with E-state index in [0.717, 1.165) is 13.2 Å². The second kappa shape index (κ2) is 5.28. The highest BCUT2D eigenvalue weighted by molar-refractivity contribution is 6.52. The first-order valence-corrected chi connectivity index (χ1v) is 6.10. The minimum absolute atomic E-state index is 0.515. The molecular weight excluding hydrogens is 116 g/mol. The predicted molar refractivity (Wildman–Crippen MR) is 40.6 cm³/mol. The van der Waals surface area contributed by atoms with Gasteiger partial charge < -0.3 is 10.3 Å². The van der Waals surface area contributed by atoms with Gasteiger partial charge in [0.2, 0.25) is 0 Å². The van der Waals surface area contributed by atoms with E-state index in [1.807, 2.05) is 0 Å². The van der Waals surface area contributed by atoms with E-state index in [0.29, 0.717) is 0 Å². The lowest BCUT2D eigenvalue weighted by molar-refractivity contribution is 0.700. The van der Waals surface area contributed by atoms with Gasteiger partial charge in [-0.3, -0.25) is 0 Å². The molecule has 0 radical (unpaired) electrons. The number of nitrogens with one attached hydrogen (secondary N) is 2. The van der Waals surface area contributed by atoms with Crippen LogP contribution in [0.5, 0.6) is 0 Å². The fourth-order valence-corrected chi connectivity index (χ4v) is 0.954. The lowest BCUT2D eigenvalue weighted by Crippen LogP contribution is -2.36. The van der Waals surface area contributed by atoms with Crippen LogP contribution in [-0.2, 0) is 0 Å². The molecule has 0 atom stereocenters. The van der Waals surface area contributed by atoms with E-state index in [4.69, 9.17) is 0 Å². The van der Waals surface area contributed by atoms with E-state index in [1.165, 1.54) is 0 Å². The zero-order chi connectivity index (χ0) is 6.41. The fraction of sp³-hybridized carbons (Fsp3) is 1.00. The molecule has 0 saturated carbocycles. The van der Waals surface area contributed by atoms with E-state index in [1.54, 1.807) is 0 Å². The molecule has 50 valence electrons. The molecule has 0 aliphatic heterocycles. The first-order valence-electron chi connectivity index (χ1n) is 3.21. The monoisotopic (exact) mass is 132 g/mol. The Labute approximate surface area is 53.4 Å². The second-order valence-electron chi connectivity index (χ2n) is 2.14. The third-order valence-corrected chi connectivity index (χ3v) is 1.91. The maximum Gasteiger partial charge on any atom is 0.103 e. The van der Waals surface area contributed by atoms with Gasteiger partial charge in [-0.1, -0.05) is 20.0 Å². The lowest BCUT2D eigenvalue weighted by Gasteiger charge is -2.05. The van der Waals surface area contributed by atoms with Gasteiger partial charge in [0.1, 0.15) is 8.96 Å². The summed E-state index contributed by atoms with van der Waals surface area (Å²) in [6.45, 7) is 8.72. The second-order valence-corrected chi connectivity index (χ2v) is 4.86. The Balaban J connectivity index is 2.72. The third-order valence-electron chi connectivity index (χ3n) is 0.885. The average molecular weight is 132 g/mol. The summed E-state index contributed by atoms with van der Waals surface area (Å²) in [6.07, 6.45) is 0. The highest BCUT2D eigenvalue weighted by Gasteiger charge is 1.88. The topological polar surface area (TPSA) is 24.1 Å². The van der Waals surface area contributed by atoms with E-state index >= 15 is 0 Å². The van der Waals surface area contributed by atoms with Crippen LogP contribution in [0.1, 0.15) is 6.92 Å². The molecule has 0 saturated heterocycles. The van der Waals surface area contributed by atoms with E-state index in [9.17, 15) is 0 Å². The molecule has 0 rings (SSSR count). The smallest absolute Gasteiger partial charge is 0.103 e. The normalized spacial score (nSPS) is 10.5. The highest BCUT2D eigenvalue weighted by atomic mass is 28.3. The van der Waals surface area contributed by atoms with Gasteiger partial charge in [0.05, 0.1) is 0 Å². The van der Waals surface area contributed by atoms with Crippen molar-refractivity contribution in [2.75, 3.05) is 13.2 Å². The summed E-state index contributed by atoms with van der Waals surface area (Å²) in [5, 5.41) is 3.20. The van der Waals surface area contributed by atoms with Gasteiger partial charge in [-0.15, -0.1) is 0 Å². The molecule has 0 aliphatic carbocycles. The Morgan fingerprint density at radius 1 is 1.38 bits per heavy atom. The summed E-state index contributed by atoms with van der Waals surface area (Å²) in [6, 6.07) is 0. The third kappa shape index (κ3) is 6.14. The minimum Gasteiger partial charge on any atom is -0.328 e. The van der Waals surface area contributed by atoms with Gasteiger partial charge in [-0.05, 0) is 6.54 Å². The first-order chi connectivity index (χ1) is 3.77. The molecule has 0 aromatic heterocycles. The van der Waals surface area contributed by atoms with Gasteiger partial charge in [0, 0.05) is 6.67 Å². The van der Waals surface area contributed by atoms with Crippen LogP contribution in [-0.4, -0.2) is 22.2 Å². The lowest BCUT2D eigenvalue weighted by atomic mass is 10.8. The van der Waals surface area contributed by atoms with Crippen LogP contribution < -0.4 is 10.3 Å². The number of hydrogen-bond donors (Lipinski definition) is 2. The first kappa shape index (κ1) is 8.14. The largest absolute Gasteiger partial charge is 0.328 e. The quantitative estimate of drug-likeness (QED) is 0.323. The molecule has 0 unspecified atom stereocenters. The highest BCUT2D eigenvalue weighted by Crippen LogP contribution is 1.66. The van der Waals surface area contributed by atoms with Gasteiger partial charge >= 0.3 is 0 Å². The van der Waals surface area contributed by atoms with Crippen LogP contribution in [0.25, 0.3) is 0 Å². The zero-order valence-electron chi connectivity index (χ0n) is 5.99. The Morgan fingerprint density at radius 2 is 2.00 bits per heavy atom. The molecule has 0 fully saturated rings. The van der Waals surface area contributed by atoms with Crippen LogP contribution in [0.4, 0.5) is 0 Å². The Kier molecular flexibility index (Phi) is 5.37. The van der Waals surface area contributed by atoms with Crippen LogP contribution in [0, 0.1) is 0 Å². The van der Waals surface area contributed by atoms with Crippen molar-refractivity contribution in [3.8, 4) is 0 Å². The molecule has 0 amide bonds. The SMILES string of the molecule is CCNCN[SiH](C)C. The van der Waals surface area contributed by atoms with Crippen LogP contribution in [0.3, 0.4) is 0 Å². The summed E-state index contributed by atoms with van der Waals surface area (Å²) in [4.78, 5) is 3.37. The molecule has 0 aliphatic rings.